The van der Waals surface area contributed by atoms with Gasteiger partial charge in [0.15, 0.2) is 22.5 Å². The molecule has 1 aromatic heterocycles. The number of halogens is 2. The minimum Gasteiger partial charge on any atom is -0.493 e. The van der Waals surface area contributed by atoms with Gasteiger partial charge in [-0.1, -0.05) is 45.9 Å². The van der Waals surface area contributed by atoms with Gasteiger partial charge in [0.05, 0.1) is 18.6 Å². The third-order valence-electron chi connectivity index (χ3n) is 4.07. The molecule has 0 aliphatic heterocycles. The van der Waals surface area contributed by atoms with Crippen LogP contribution in [0.1, 0.15) is 5.82 Å². The number of benzene rings is 2. The summed E-state index contributed by atoms with van der Waals surface area (Å²) in [5.41, 5.74) is 0.118. The number of anilines is 1. The number of aromatic nitrogens is 3. The predicted octanol–water partition coefficient (Wildman–Crippen LogP) is 4.68. The van der Waals surface area contributed by atoms with Crippen molar-refractivity contribution < 1.29 is 18.7 Å². The molecule has 0 radical (unpaired) electrons. The standard InChI is InChI=1S/C21H20BrFN4O3S/c1-3-10-27-19(12-30-18-7-5-4-6-17(18)29-2)25-26-21(27)31-13-20(28)24-16-9-8-14(22)11-15(16)23/h3-9,11H,1,10,12-13H2,2H3,(H,24,28). The first-order valence-corrected chi connectivity index (χ1v) is 11.0. The molecule has 0 saturated heterocycles. The molecule has 1 heterocycles. The fourth-order valence-corrected chi connectivity index (χ4v) is 3.73. The van der Waals surface area contributed by atoms with E-state index in [-0.39, 0.29) is 24.0 Å². The van der Waals surface area contributed by atoms with Crippen molar-refractivity contribution in [2.45, 2.75) is 18.3 Å². The predicted molar refractivity (Wildman–Crippen MR) is 121 cm³/mol. The second-order valence-corrected chi connectivity index (χ2v) is 8.06. The first kappa shape index (κ1) is 22.8. The van der Waals surface area contributed by atoms with E-state index in [1.807, 2.05) is 12.1 Å². The largest absolute Gasteiger partial charge is 0.493 e. The number of carbonyl (C=O) groups is 1. The van der Waals surface area contributed by atoms with Crippen LogP contribution in [-0.4, -0.2) is 33.5 Å². The molecule has 0 bridgehead atoms. The Morgan fingerprint density at radius 1 is 1.29 bits per heavy atom. The van der Waals surface area contributed by atoms with Gasteiger partial charge in [0, 0.05) is 11.0 Å². The number of hydrogen-bond donors (Lipinski definition) is 1. The molecule has 1 amide bonds. The van der Waals surface area contributed by atoms with Crippen LogP contribution in [-0.2, 0) is 17.9 Å². The van der Waals surface area contributed by atoms with Gasteiger partial charge in [-0.3, -0.25) is 9.36 Å². The van der Waals surface area contributed by atoms with E-state index < -0.39 is 5.82 Å². The Labute approximate surface area is 191 Å². The van der Waals surface area contributed by atoms with E-state index in [1.54, 1.807) is 36.0 Å². The smallest absolute Gasteiger partial charge is 0.234 e. The molecule has 0 saturated carbocycles. The number of nitrogens with zero attached hydrogens (tertiary/aromatic N) is 3. The van der Waals surface area contributed by atoms with Crippen LogP contribution in [0.25, 0.3) is 0 Å². The highest BCUT2D eigenvalue weighted by Crippen LogP contribution is 2.27. The summed E-state index contributed by atoms with van der Waals surface area (Å²) in [4.78, 5) is 12.3. The average molecular weight is 507 g/mol. The summed E-state index contributed by atoms with van der Waals surface area (Å²) in [5, 5.41) is 11.4. The minimum absolute atomic E-state index is 0.0398. The van der Waals surface area contributed by atoms with Crippen molar-refractivity contribution in [1.82, 2.24) is 14.8 Å². The number of nitrogens with one attached hydrogen (secondary N) is 1. The van der Waals surface area contributed by atoms with Gasteiger partial charge in [-0.15, -0.1) is 16.8 Å². The molecule has 0 aliphatic rings. The van der Waals surface area contributed by atoms with Gasteiger partial charge in [-0.2, -0.15) is 0 Å². The molecule has 3 aromatic rings. The Bertz CT molecular complexity index is 1080. The van der Waals surface area contributed by atoms with Gasteiger partial charge in [0.2, 0.25) is 5.91 Å². The Morgan fingerprint density at radius 3 is 2.77 bits per heavy atom. The summed E-state index contributed by atoms with van der Waals surface area (Å²) in [5.74, 6) is 0.946. The normalized spacial score (nSPS) is 10.5. The molecule has 162 valence electrons. The van der Waals surface area contributed by atoms with Crippen molar-refractivity contribution in [3.63, 3.8) is 0 Å². The number of hydrogen-bond acceptors (Lipinski definition) is 6. The van der Waals surface area contributed by atoms with Crippen LogP contribution in [0.5, 0.6) is 11.5 Å². The summed E-state index contributed by atoms with van der Waals surface area (Å²) in [7, 11) is 1.57. The molecule has 0 aliphatic carbocycles. The van der Waals surface area contributed by atoms with E-state index in [1.165, 1.54) is 23.9 Å². The van der Waals surface area contributed by atoms with Crippen molar-refractivity contribution in [3.8, 4) is 11.5 Å². The summed E-state index contributed by atoms with van der Waals surface area (Å²) in [6.07, 6.45) is 1.71. The second kappa shape index (κ2) is 11.0. The quantitative estimate of drug-likeness (QED) is 0.317. The van der Waals surface area contributed by atoms with Crippen LogP contribution < -0.4 is 14.8 Å². The topological polar surface area (TPSA) is 78.3 Å². The second-order valence-electron chi connectivity index (χ2n) is 6.20. The monoisotopic (exact) mass is 506 g/mol. The van der Waals surface area contributed by atoms with E-state index in [0.29, 0.717) is 33.5 Å². The van der Waals surface area contributed by atoms with Crippen LogP contribution in [0, 0.1) is 5.82 Å². The maximum absolute atomic E-state index is 13.9. The number of amides is 1. The highest BCUT2D eigenvalue weighted by atomic mass is 79.9. The fraction of sp³-hybridized carbons (Fsp3) is 0.190. The van der Waals surface area contributed by atoms with E-state index in [9.17, 15) is 9.18 Å². The molecule has 7 nitrogen and oxygen atoms in total. The van der Waals surface area contributed by atoms with Gasteiger partial charge in [0.1, 0.15) is 12.4 Å². The molecule has 0 spiro atoms. The highest BCUT2D eigenvalue weighted by Gasteiger charge is 2.15. The van der Waals surface area contributed by atoms with Crippen LogP contribution in [0.4, 0.5) is 10.1 Å². The lowest BCUT2D eigenvalue weighted by atomic mass is 10.3. The van der Waals surface area contributed by atoms with Crippen molar-refractivity contribution in [2.24, 2.45) is 0 Å². The molecular formula is C21H20BrFN4O3S. The molecule has 3 rings (SSSR count). The van der Waals surface area contributed by atoms with Gasteiger partial charge >= 0.3 is 0 Å². The van der Waals surface area contributed by atoms with Gasteiger partial charge in [0.25, 0.3) is 0 Å². The fourth-order valence-electron chi connectivity index (χ4n) is 2.63. The summed E-state index contributed by atoms with van der Waals surface area (Å²) in [6.45, 7) is 4.37. The number of methoxy groups -OCH3 is 1. The molecule has 1 N–H and O–H groups in total. The van der Waals surface area contributed by atoms with Crippen molar-refractivity contribution in [2.75, 3.05) is 18.2 Å². The van der Waals surface area contributed by atoms with Crippen molar-refractivity contribution in [3.05, 3.63) is 71.2 Å². The molecule has 0 unspecified atom stereocenters. The molecule has 0 atom stereocenters. The van der Waals surface area contributed by atoms with Gasteiger partial charge in [-0.25, -0.2) is 4.39 Å². The summed E-state index contributed by atoms with van der Waals surface area (Å²) < 4.78 is 27.4. The third kappa shape index (κ3) is 6.08. The maximum Gasteiger partial charge on any atom is 0.234 e. The molecule has 10 heteroatoms. The van der Waals surface area contributed by atoms with E-state index in [2.05, 4.69) is 38.0 Å². The Morgan fingerprint density at radius 2 is 2.06 bits per heavy atom. The van der Waals surface area contributed by atoms with E-state index in [4.69, 9.17) is 9.47 Å². The number of ether oxygens (including phenoxy) is 2. The SMILES string of the molecule is C=CCn1c(COc2ccccc2OC)nnc1SCC(=O)Nc1ccc(Br)cc1F. The van der Waals surface area contributed by atoms with Crippen LogP contribution in [0.3, 0.4) is 0 Å². The molecular weight excluding hydrogens is 487 g/mol. The minimum atomic E-state index is -0.515. The van der Waals surface area contributed by atoms with Crippen molar-refractivity contribution in [1.29, 1.82) is 0 Å². The lowest BCUT2D eigenvalue weighted by Gasteiger charge is -2.11. The molecule has 0 fully saturated rings. The number of allylic oxidation sites excluding steroid dienone is 1. The number of para-hydroxylation sites is 2. The van der Waals surface area contributed by atoms with Crippen LogP contribution in [0.2, 0.25) is 0 Å². The van der Waals surface area contributed by atoms with E-state index in [0.717, 1.165) is 0 Å². The lowest BCUT2D eigenvalue weighted by molar-refractivity contribution is -0.113. The Kier molecular flexibility index (Phi) is 8.07. The van der Waals surface area contributed by atoms with Gasteiger partial charge in [-0.05, 0) is 30.3 Å². The van der Waals surface area contributed by atoms with E-state index >= 15 is 0 Å². The zero-order valence-corrected chi connectivity index (χ0v) is 19.1. The summed E-state index contributed by atoms with van der Waals surface area (Å²) >= 11 is 4.38. The van der Waals surface area contributed by atoms with Crippen molar-refractivity contribution >= 4 is 39.3 Å². The summed E-state index contributed by atoms with van der Waals surface area (Å²) in [6, 6.07) is 11.7. The first-order chi connectivity index (χ1) is 15.0. The highest BCUT2D eigenvalue weighted by molar-refractivity contribution is 9.10. The number of rotatable bonds is 10. The first-order valence-electron chi connectivity index (χ1n) is 9.18. The Hall–Kier alpha value is -2.85. The van der Waals surface area contributed by atoms with Gasteiger partial charge < -0.3 is 14.8 Å². The zero-order valence-electron chi connectivity index (χ0n) is 16.7. The average Bonchev–Trinajstić information content (AvgIpc) is 3.15. The van der Waals surface area contributed by atoms with Crippen LogP contribution in [0.15, 0.2) is 64.7 Å². The zero-order chi connectivity index (χ0) is 22.2. The Balaban J connectivity index is 1.64. The lowest BCUT2D eigenvalue weighted by Crippen LogP contribution is -2.16. The molecule has 2 aromatic carbocycles. The number of thioether (sulfide) groups is 1. The number of carbonyl (C=O) groups excluding carboxylic acids is 1. The van der Waals surface area contributed by atoms with Crippen LogP contribution >= 0.6 is 27.7 Å². The molecule has 31 heavy (non-hydrogen) atoms. The third-order valence-corrected chi connectivity index (χ3v) is 5.53. The maximum atomic E-state index is 13.9.